The molecule has 12 heavy (non-hydrogen) atoms. The van der Waals surface area contributed by atoms with Crippen molar-refractivity contribution in [2.75, 3.05) is 0 Å². The number of hydrogen-bond donors (Lipinski definition) is 0. The average Bonchev–Trinajstić information content (AvgIpc) is 2.42. The average molecular weight is 160 g/mol. The van der Waals surface area contributed by atoms with E-state index in [-0.39, 0.29) is 26.7 Å². The maximum absolute atomic E-state index is 11.1. The second-order valence-corrected chi connectivity index (χ2v) is 2.55. The van der Waals surface area contributed by atoms with Gasteiger partial charge in [0.05, 0.1) is 5.22 Å². The molecule has 0 fully saturated rings. The molecule has 3 nitrogen and oxygen atoms in total. The summed E-state index contributed by atoms with van der Waals surface area (Å²) in [5.41, 5.74) is -1.01. The highest BCUT2D eigenvalue weighted by atomic mass is 16.1. The Morgan fingerprint density at radius 1 is 0.667 bits per heavy atom. The fourth-order valence-electron chi connectivity index (χ4n) is 1.24. The van der Waals surface area contributed by atoms with Gasteiger partial charge in [-0.15, -0.1) is 0 Å². The van der Waals surface area contributed by atoms with Gasteiger partial charge in [-0.1, -0.05) is 0 Å². The van der Waals surface area contributed by atoms with E-state index in [0.29, 0.717) is 0 Å². The minimum atomic E-state index is -0.375. The molecule has 0 radical (unpaired) electrons. The third kappa shape index (κ3) is 0.733. The van der Waals surface area contributed by atoms with Crippen LogP contribution in [0.1, 0.15) is 0 Å². The van der Waals surface area contributed by atoms with Gasteiger partial charge in [-0.05, 0) is 24.3 Å². The van der Waals surface area contributed by atoms with E-state index >= 15 is 0 Å². The van der Waals surface area contributed by atoms with Gasteiger partial charge in [0.2, 0.25) is 0 Å². The molecule has 3 heteroatoms. The molecule has 0 saturated carbocycles. The first-order valence-electron chi connectivity index (χ1n) is 3.43. The summed E-state index contributed by atoms with van der Waals surface area (Å²) < 4.78 is 0. The zero-order valence-electron chi connectivity index (χ0n) is 6.03. The van der Waals surface area contributed by atoms with Gasteiger partial charge in [0.25, 0.3) is 0 Å². The zero-order valence-corrected chi connectivity index (χ0v) is 6.03. The predicted octanol–water partition coefficient (Wildman–Crippen LogP) is -0.632. The van der Waals surface area contributed by atoms with Gasteiger partial charge in [0, 0.05) is 5.22 Å². The Balaban J connectivity index is 3.46. The van der Waals surface area contributed by atoms with Crippen molar-refractivity contribution in [1.29, 1.82) is 0 Å². The summed E-state index contributed by atoms with van der Waals surface area (Å²) in [5.74, 6) is 0. The lowest BCUT2D eigenvalue weighted by molar-refractivity contribution is 1.38. The van der Waals surface area contributed by atoms with E-state index in [0.717, 1.165) is 6.07 Å². The summed E-state index contributed by atoms with van der Waals surface area (Å²) in [4.78, 5) is 33.2. The summed E-state index contributed by atoms with van der Waals surface area (Å²) in [5, 5.41) is 0.245. The van der Waals surface area contributed by atoms with Crippen LogP contribution in [0, 0.1) is 10.4 Å². The highest BCUT2D eigenvalue weighted by molar-refractivity contribution is 5.18. The maximum atomic E-state index is 11.1. The lowest BCUT2D eigenvalue weighted by Crippen LogP contribution is -2.15. The Morgan fingerprint density at radius 2 is 1.17 bits per heavy atom. The van der Waals surface area contributed by atoms with Gasteiger partial charge in [0.15, 0.2) is 16.3 Å². The second kappa shape index (κ2) is 2.11. The smallest absolute Gasteiger partial charge is 0.190 e. The Kier molecular flexibility index (Phi) is 1.21. The fourth-order valence-corrected chi connectivity index (χ4v) is 1.24. The van der Waals surface area contributed by atoms with Crippen molar-refractivity contribution in [3.05, 3.63) is 65.4 Å². The molecule has 0 atom stereocenters. The molecule has 58 valence electrons. The van der Waals surface area contributed by atoms with Crippen LogP contribution in [-0.4, -0.2) is 0 Å². The van der Waals surface area contributed by atoms with Crippen LogP contribution in [0.4, 0.5) is 0 Å². The molecule has 0 aromatic heterocycles. The molecule has 0 amide bonds. The summed E-state index contributed by atoms with van der Waals surface area (Å²) in [6.07, 6.45) is 0. The normalized spacial score (nSPS) is 10.7. The third-order valence-electron chi connectivity index (χ3n) is 1.82. The molecule has 0 aromatic rings. The highest BCUT2D eigenvalue weighted by Crippen LogP contribution is 1.82. The first-order valence-corrected chi connectivity index (χ1v) is 3.43. The lowest BCUT2D eigenvalue weighted by Gasteiger charge is -1.77. The molecular weight excluding hydrogens is 156 g/mol. The van der Waals surface area contributed by atoms with E-state index < -0.39 is 0 Å². The Bertz CT molecular complexity index is 617. The minimum Gasteiger partial charge on any atom is -0.289 e. The van der Waals surface area contributed by atoms with E-state index in [1.807, 2.05) is 0 Å². The molecule has 2 rings (SSSR count). The van der Waals surface area contributed by atoms with Crippen molar-refractivity contribution >= 4 is 0 Å². The molecule has 0 saturated heterocycles. The van der Waals surface area contributed by atoms with Crippen LogP contribution in [0.2, 0.25) is 0 Å². The monoisotopic (exact) mass is 160 g/mol. The molecular formula is C9H4O3. The van der Waals surface area contributed by atoms with E-state index in [1.165, 1.54) is 18.2 Å². The largest absolute Gasteiger partial charge is 0.289 e. The van der Waals surface area contributed by atoms with E-state index in [4.69, 9.17) is 0 Å². The fraction of sp³-hybridized carbons (Fsp3) is 0. The molecule has 0 heterocycles. The van der Waals surface area contributed by atoms with Crippen LogP contribution in [0.3, 0.4) is 0 Å². The van der Waals surface area contributed by atoms with Gasteiger partial charge in [-0.3, -0.25) is 14.4 Å². The topological polar surface area (TPSA) is 51.2 Å². The summed E-state index contributed by atoms with van der Waals surface area (Å²) in [7, 11) is 0. The first kappa shape index (κ1) is 6.91. The van der Waals surface area contributed by atoms with Crippen LogP contribution in [0.5, 0.6) is 0 Å². The van der Waals surface area contributed by atoms with E-state index in [9.17, 15) is 14.4 Å². The van der Waals surface area contributed by atoms with E-state index in [2.05, 4.69) is 0 Å². The van der Waals surface area contributed by atoms with Gasteiger partial charge < -0.3 is 0 Å². The predicted molar refractivity (Wildman–Crippen MR) is 42.9 cm³/mol. The molecule has 2 aliphatic rings. The van der Waals surface area contributed by atoms with Crippen LogP contribution in [0.25, 0.3) is 0 Å². The Labute approximate surface area is 66.3 Å². The van der Waals surface area contributed by atoms with E-state index in [1.54, 1.807) is 0 Å². The van der Waals surface area contributed by atoms with Crippen LogP contribution >= 0.6 is 0 Å². The van der Waals surface area contributed by atoms with Crippen LogP contribution in [0.15, 0.2) is 38.6 Å². The Hall–Kier alpha value is -1.77. The zero-order chi connectivity index (χ0) is 8.72. The molecule has 0 spiro atoms. The standard InChI is InChI=1S/C9H4O3/c10-6-3-4-8(12)9-5(6)1-2-7(9)11/h1-4H. The van der Waals surface area contributed by atoms with Crippen molar-refractivity contribution < 1.29 is 0 Å². The van der Waals surface area contributed by atoms with Crippen LogP contribution < -0.4 is 16.3 Å². The van der Waals surface area contributed by atoms with Gasteiger partial charge in [-0.25, -0.2) is 0 Å². The van der Waals surface area contributed by atoms with Crippen LogP contribution in [-0.2, 0) is 0 Å². The summed E-state index contributed by atoms with van der Waals surface area (Å²) in [6, 6.07) is 4.95. The third-order valence-corrected chi connectivity index (χ3v) is 1.82. The molecule has 0 N–H and O–H groups in total. The van der Waals surface area contributed by atoms with Gasteiger partial charge in [-0.2, -0.15) is 0 Å². The highest BCUT2D eigenvalue weighted by Gasteiger charge is 2.01. The molecule has 0 bridgehead atoms. The quantitative estimate of drug-likeness (QED) is 0.515. The number of rotatable bonds is 0. The maximum Gasteiger partial charge on any atom is 0.190 e. The number of hydrogen-bond acceptors (Lipinski definition) is 3. The molecule has 0 aromatic carbocycles. The summed E-state index contributed by atoms with van der Waals surface area (Å²) in [6.45, 7) is 0. The second-order valence-electron chi connectivity index (χ2n) is 2.55. The molecule has 2 aliphatic carbocycles. The minimum absolute atomic E-state index is 0.0162. The molecule has 0 aliphatic heterocycles. The van der Waals surface area contributed by atoms with Crippen molar-refractivity contribution in [3.63, 3.8) is 0 Å². The summed E-state index contributed by atoms with van der Waals surface area (Å²) >= 11 is 0. The van der Waals surface area contributed by atoms with Crippen molar-refractivity contribution in [2.24, 2.45) is 0 Å². The van der Waals surface area contributed by atoms with Crippen molar-refractivity contribution in [3.8, 4) is 0 Å². The molecule has 0 unspecified atom stereocenters. The first-order chi connectivity index (χ1) is 5.70. The SMILES string of the molecule is O=c1ccc(=O)c2c(=O)ccc1=2. The van der Waals surface area contributed by atoms with Crippen molar-refractivity contribution in [1.82, 2.24) is 0 Å². The lowest BCUT2D eigenvalue weighted by atomic mass is 10.2. The van der Waals surface area contributed by atoms with Gasteiger partial charge in [0.1, 0.15) is 0 Å². The van der Waals surface area contributed by atoms with Crippen molar-refractivity contribution in [2.45, 2.75) is 0 Å². The Morgan fingerprint density at radius 3 is 1.75 bits per heavy atom. The van der Waals surface area contributed by atoms with Gasteiger partial charge >= 0.3 is 0 Å².